The first-order chi connectivity index (χ1) is 41.9. The monoisotopic (exact) mass is 1220 g/mol. The number of phosphoric acid groups is 1. The number of phosphoric ester groups is 1. The lowest BCUT2D eigenvalue weighted by Gasteiger charge is -2.27. The Balaban J connectivity index is 5.09. The average Bonchev–Trinajstić information content (AvgIpc) is 3.66. The van der Waals surface area contributed by atoms with Crippen LogP contribution >= 0.6 is 7.82 Å². The van der Waals surface area contributed by atoms with E-state index in [1.165, 1.54) is 186 Å². The number of ether oxygens (including phenoxy) is 1. The van der Waals surface area contributed by atoms with Gasteiger partial charge in [-0.15, -0.1) is 0 Å². The molecule has 3 atom stereocenters. The number of quaternary nitrogens is 1. The Kier molecular flexibility index (Phi) is 62.6. The molecule has 2 N–H and O–H groups in total. The molecule has 0 aliphatic heterocycles. The predicted octanol–water partition coefficient (Wildman–Crippen LogP) is 23.1. The molecule has 0 saturated carbocycles. The van der Waals surface area contributed by atoms with Crippen molar-refractivity contribution in [1.29, 1.82) is 0 Å². The van der Waals surface area contributed by atoms with Gasteiger partial charge in [0.2, 0.25) is 5.91 Å². The van der Waals surface area contributed by atoms with Gasteiger partial charge in [-0.3, -0.25) is 18.6 Å². The molecule has 9 nitrogen and oxygen atoms in total. The van der Waals surface area contributed by atoms with Crippen LogP contribution in [0.4, 0.5) is 0 Å². The molecule has 0 aliphatic carbocycles. The van der Waals surface area contributed by atoms with E-state index in [0.29, 0.717) is 17.4 Å². The van der Waals surface area contributed by atoms with E-state index in [-0.39, 0.29) is 31.5 Å². The fourth-order valence-electron chi connectivity index (χ4n) is 10.2. The molecule has 0 saturated heterocycles. The van der Waals surface area contributed by atoms with Gasteiger partial charge in [-0.05, 0) is 115 Å². The minimum atomic E-state index is -4.46. The van der Waals surface area contributed by atoms with Gasteiger partial charge in [-0.2, -0.15) is 0 Å². The second kappa shape index (κ2) is 64.9. The summed E-state index contributed by atoms with van der Waals surface area (Å²) in [6, 6.07) is -0.861. The molecule has 0 rings (SSSR count). The topological polar surface area (TPSA) is 111 Å². The summed E-state index contributed by atoms with van der Waals surface area (Å²) in [6.45, 7) is 6.97. The van der Waals surface area contributed by atoms with E-state index in [1.807, 2.05) is 33.3 Å². The first-order valence-electron chi connectivity index (χ1n) is 36.1. The number of amides is 1. The van der Waals surface area contributed by atoms with Crippen LogP contribution in [0.15, 0.2) is 97.2 Å². The SMILES string of the molecule is CCCCC/C=C\C/C=C\C/C=C\C/C=C\CCCCCCCCCC(=O)NC(COP(=O)(O)OCC[N+](C)(C)C)C(/C=C/CCCCCCCCCCCC)OC(=O)CCCCCCCCCCCCCC/C=C\C/C=C\C/C=C\CCCCC. The van der Waals surface area contributed by atoms with E-state index < -0.39 is 20.0 Å². The van der Waals surface area contributed by atoms with Crippen LogP contribution in [0, 0.1) is 0 Å². The second-order valence-electron chi connectivity index (χ2n) is 25.4. The van der Waals surface area contributed by atoms with Crippen molar-refractivity contribution in [3.8, 4) is 0 Å². The lowest BCUT2D eigenvalue weighted by Crippen LogP contribution is -2.47. The van der Waals surface area contributed by atoms with Crippen LogP contribution in [0.5, 0.6) is 0 Å². The molecule has 0 bridgehead atoms. The van der Waals surface area contributed by atoms with Gasteiger partial charge in [0.15, 0.2) is 0 Å². The van der Waals surface area contributed by atoms with Crippen LogP contribution in [-0.2, 0) is 27.9 Å². The van der Waals surface area contributed by atoms with E-state index in [2.05, 4.69) is 111 Å². The summed E-state index contributed by atoms with van der Waals surface area (Å²) in [7, 11) is 1.48. The van der Waals surface area contributed by atoms with Gasteiger partial charge in [-0.1, -0.05) is 292 Å². The molecule has 3 unspecified atom stereocenters. The number of hydrogen-bond donors (Lipinski definition) is 2. The van der Waals surface area contributed by atoms with Crippen LogP contribution in [0.3, 0.4) is 0 Å². The highest BCUT2D eigenvalue weighted by atomic mass is 31.2. The maximum Gasteiger partial charge on any atom is 0.472 e. The number of carbonyl (C=O) groups is 2. The molecule has 0 aromatic rings. The molecule has 1 amide bonds. The minimum absolute atomic E-state index is 0.0341. The zero-order valence-electron chi connectivity index (χ0n) is 57.0. The number of esters is 1. The van der Waals surface area contributed by atoms with Crippen molar-refractivity contribution in [3.63, 3.8) is 0 Å². The third-order valence-electron chi connectivity index (χ3n) is 15.7. The fraction of sp³-hybridized carbons (Fsp3) is 0.763. The Bertz CT molecular complexity index is 1790. The number of nitrogens with zero attached hydrogens (tertiary/aromatic N) is 1. The number of hydrogen-bond acceptors (Lipinski definition) is 6. The maximum absolute atomic E-state index is 13.6. The van der Waals surface area contributed by atoms with Gasteiger partial charge < -0.3 is 19.4 Å². The minimum Gasteiger partial charge on any atom is -0.456 e. The van der Waals surface area contributed by atoms with Crippen LogP contribution < -0.4 is 5.32 Å². The molecular weight excluding hydrogens is 1080 g/mol. The molecule has 0 aromatic heterocycles. The van der Waals surface area contributed by atoms with Crippen molar-refractivity contribution >= 4 is 19.7 Å². The molecule has 0 aliphatic rings. The van der Waals surface area contributed by atoms with E-state index in [1.54, 1.807) is 0 Å². The highest BCUT2D eigenvalue weighted by Crippen LogP contribution is 2.43. The Morgan fingerprint density at radius 2 is 0.709 bits per heavy atom. The third kappa shape index (κ3) is 65.4. The largest absolute Gasteiger partial charge is 0.472 e. The van der Waals surface area contributed by atoms with Crippen LogP contribution in [0.2, 0.25) is 0 Å². The van der Waals surface area contributed by atoms with Gasteiger partial charge in [-0.25, -0.2) is 4.57 Å². The van der Waals surface area contributed by atoms with Gasteiger partial charge in [0.25, 0.3) is 0 Å². The van der Waals surface area contributed by atoms with Crippen LogP contribution in [0.25, 0.3) is 0 Å². The number of carbonyl (C=O) groups excluding carboxylic acids is 2. The summed E-state index contributed by atoms with van der Waals surface area (Å²) < 4.78 is 30.8. The molecular formula is C76H138N2O7P+. The first kappa shape index (κ1) is 82.9. The van der Waals surface area contributed by atoms with Gasteiger partial charge in [0.05, 0.1) is 33.8 Å². The smallest absolute Gasteiger partial charge is 0.456 e. The van der Waals surface area contributed by atoms with E-state index in [0.717, 1.165) is 103 Å². The van der Waals surface area contributed by atoms with Crippen molar-refractivity contribution < 1.29 is 37.3 Å². The number of rotatable bonds is 65. The molecule has 0 fully saturated rings. The van der Waals surface area contributed by atoms with Gasteiger partial charge in [0.1, 0.15) is 19.3 Å². The van der Waals surface area contributed by atoms with E-state index >= 15 is 0 Å². The Labute approximate surface area is 532 Å². The predicted molar refractivity (Wildman–Crippen MR) is 374 cm³/mol. The van der Waals surface area contributed by atoms with Crippen molar-refractivity contribution in [2.45, 2.75) is 335 Å². The summed E-state index contributed by atoms with van der Waals surface area (Å²) in [6.07, 6.45) is 88.4. The van der Waals surface area contributed by atoms with Crippen molar-refractivity contribution in [2.24, 2.45) is 0 Å². The summed E-state index contributed by atoms with van der Waals surface area (Å²) in [5, 5.41) is 3.07. The zero-order chi connectivity index (χ0) is 62.8. The fourth-order valence-corrected chi connectivity index (χ4v) is 10.9. The van der Waals surface area contributed by atoms with Crippen LogP contribution in [-0.4, -0.2) is 74.3 Å². The third-order valence-corrected chi connectivity index (χ3v) is 16.7. The second-order valence-corrected chi connectivity index (χ2v) is 26.9. The lowest BCUT2D eigenvalue weighted by molar-refractivity contribution is -0.870. The molecule has 0 heterocycles. The maximum atomic E-state index is 13.6. The number of allylic oxidation sites excluding steroid dienone is 15. The molecule has 498 valence electrons. The van der Waals surface area contributed by atoms with Crippen molar-refractivity contribution in [2.75, 3.05) is 40.9 Å². The van der Waals surface area contributed by atoms with Crippen LogP contribution in [0.1, 0.15) is 323 Å². The summed E-state index contributed by atoms with van der Waals surface area (Å²) >= 11 is 0. The van der Waals surface area contributed by atoms with E-state index in [9.17, 15) is 19.0 Å². The Morgan fingerprint density at radius 3 is 1.08 bits per heavy atom. The first-order valence-corrected chi connectivity index (χ1v) is 37.6. The standard InChI is InChI=1S/C76H137N2O7P/c1-7-10-13-16-19-22-25-28-30-32-34-36-38-39-41-43-45-47-49-51-54-57-60-63-66-69-76(80)85-74(67-64-61-58-55-52-27-24-21-18-15-12-9-3)73(72-84-86(81,82)83-71-70-78(4,5)6)77-75(79)68-65-62-59-56-53-50-48-46-44-42-40-37-35-33-31-29-26-23-20-17-14-11-8-2/h19-20,22-23,28-31,34-37,42,44,64,67,73-74H,7-18,21,24-27,32-33,38-41,43,45-63,65-66,68-72H2,1-6H3,(H-,77,79,81,82)/p+1/b22-19-,23-20-,30-28-,31-29-,36-34-,37-35-,44-42-,67-64+. The number of nitrogens with one attached hydrogen (secondary N) is 1. The quantitative estimate of drug-likeness (QED) is 0.0205. The summed E-state index contributed by atoms with van der Waals surface area (Å²) in [5.74, 6) is -0.515. The molecule has 86 heavy (non-hydrogen) atoms. The zero-order valence-corrected chi connectivity index (χ0v) is 57.9. The van der Waals surface area contributed by atoms with E-state index in [4.69, 9.17) is 13.8 Å². The summed E-state index contributed by atoms with van der Waals surface area (Å²) in [5.41, 5.74) is 0. The molecule has 0 aromatic carbocycles. The van der Waals surface area contributed by atoms with Gasteiger partial charge >= 0.3 is 13.8 Å². The van der Waals surface area contributed by atoms with Crippen molar-refractivity contribution in [3.05, 3.63) is 97.2 Å². The summed E-state index contributed by atoms with van der Waals surface area (Å²) in [4.78, 5) is 37.9. The highest BCUT2D eigenvalue weighted by molar-refractivity contribution is 7.47. The Morgan fingerprint density at radius 1 is 0.407 bits per heavy atom. The molecule has 0 radical (unpaired) electrons. The number of likely N-dealkylation sites (N-methyl/N-ethyl adjacent to an activating group) is 1. The molecule has 10 heteroatoms. The number of unbranched alkanes of at least 4 members (excludes halogenated alkanes) is 35. The normalized spacial score (nSPS) is 14.1. The Hall–Kier alpha value is -3.07. The van der Waals surface area contributed by atoms with Gasteiger partial charge in [0, 0.05) is 12.8 Å². The molecule has 0 spiro atoms. The lowest BCUT2D eigenvalue weighted by atomic mass is 10.0. The average molecular weight is 1220 g/mol. The van der Waals surface area contributed by atoms with Crippen molar-refractivity contribution in [1.82, 2.24) is 5.32 Å². The highest BCUT2D eigenvalue weighted by Gasteiger charge is 2.30.